The van der Waals surface area contributed by atoms with Crippen molar-refractivity contribution in [3.63, 3.8) is 0 Å². The molecule has 0 aliphatic carbocycles. The number of hydrazine groups is 1. The predicted molar refractivity (Wildman–Crippen MR) is 101 cm³/mol. The quantitative estimate of drug-likeness (QED) is 0.530. The first-order chi connectivity index (χ1) is 12.3. The molecule has 0 aliphatic heterocycles. The van der Waals surface area contributed by atoms with E-state index in [0.717, 1.165) is 4.47 Å². The second-order valence-corrected chi connectivity index (χ2v) is 6.83. The summed E-state index contributed by atoms with van der Waals surface area (Å²) in [6.45, 7) is -0.527. The van der Waals surface area contributed by atoms with Gasteiger partial charge in [-0.25, -0.2) is 0 Å². The summed E-state index contributed by atoms with van der Waals surface area (Å²) in [4.78, 5) is 35.2. The number of amides is 2. The Labute approximate surface area is 167 Å². The van der Waals surface area contributed by atoms with Gasteiger partial charge in [-0.1, -0.05) is 45.2 Å². The van der Waals surface area contributed by atoms with Crippen molar-refractivity contribution < 1.29 is 19.1 Å². The molecule has 0 bridgehead atoms. The number of carbonyl (C=O) groups is 3. The molecule has 0 fully saturated rings. The number of carbonyl (C=O) groups excluding carboxylic acids is 3. The Bertz CT molecular complexity index is 828. The number of hydrogen-bond acceptors (Lipinski definition) is 4. The molecule has 0 spiro atoms. The topological polar surface area (TPSA) is 84.5 Å². The SMILES string of the molecule is O=C(COC(=O)Cc1ccc(Cl)c(Cl)c1)NNC(=O)c1ccc(Br)cc1. The van der Waals surface area contributed by atoms with Gasteiger partial charge in [-0.2, -0.15) is 0 Å². The lowest BCUT2D eigenvalue weighted by molar-refractivity contribution is -0.148. The number of benzene rings is 2. The molecule has 2 amide bonds. The lowest BCUT2D eigenvalue weighted by atomic mass is 10.1. The maximum atomic E-state index is 11.8. The standard InChI is InChI=1S/C17H13BrCl2N2O4/c18-12-4-2-11(3-5-12)17(25)22-21-15(23)9-26-16(24)8-10-1-6-13(19)14(20)7-10/h1-7H,8-9H2,(H,21,23)(H,22,25). The Kier molecular flexibility index (Phi) is 7.44. The van der Waals surface area contributed by atoms with Crippen LogP contribution in [0.1, 0.15) is 15.9 Å². The average molecular weight is 460 g/mol. The van der Waals surface area contributed by atoms with Gasteiger partial charge in [0.25, 0.3) is 11.8 Å². The van der Waals surface area contributed by atoms with Crippen LogP contribution < -0.4 is 10.9 Å². The van der Waals surface area contributed by atoms with Crippen LogP contribution in [-0.2, 0) is 20.7 Å². The summed E-state index contributed by atoms with van der Waals surface area (Å²) in [7, 11) is 0. The highest BCUT2D eigenvalue weighted by Crippen LogP contribution is 2.22. The Morgan fingerprint density at radius 1 is 0.962 bits per heavy atom. The number of ether oxygens (including phenoxy) is 1. The van der Waals surface area contributed by atoms with Crippen molar-refractivity contribution >= 4 is 56.9 Å². The Morgan fingerprint density at radius 3 is 2.31 bits per heavy atom. The highest BCUT2D eigenvalue weighted by atomic mass is 79.9. The second kappa shape index (κ2) is 9.56. The molecule has 26 heavy (non-hydrogen) atoms. The average Bonchev–Trinajstić information content (AvgIpc) is 2.61. The van der Waals surface area contributed by atoms with Crippen LogP contribution in [0.15, 0.2) is 46.9 Å². The van der Waals surface area contributed by atoms with Gasteiger partial charge in [0.2, 0.25) is 0 Å². The van der Waals surface area contributed by atoms with E-state index in [1.807, 2.05) is 0 Å². The molecule has 2 aromatic carbocycles. The monoisotopic (exact) mass is 458 g/mol. The van der Waals surface area contributed by atoms with E-state index in [9.17, 15) is 14.4 Å². The first-order valence-electron chi connectivity index (χ1n) is 7.29. The molecule has 2 N–H and O–H groups in total. The first-order valence-corrected chi connectivity index (χ1v) is 8.84. The van der Waals surface area contributed by atoms with Crippen LogP contribution in [0.2, 0.25) is 10.0 Å². The molecule has 0 saturated carbocycles. The summed E-state index contributed by atoms with van der Waals surface area (Å²) in [6, 6.07) is 11.3. The molecule has 0 aromatic heterocycles. The maximum Gasteiger partial charge on any atom is 0.310 e. The van der Waals surface area contributed by atoms with E-state index in [1.54, 1.807) is 42.5 Å². The molecule has 6 nitrogen and oxygen atoms in total. The van der Waals surface area contributed by atoms with Crippen molar-refractivity contribution in [3.05, 3.63) is 68.1 Å². The number of esters is 1. The van der Waals surface area contributed by atoms with Crippen molar-refractivity contribution in [2.24, 2.45) is 0 Å². The molecule has 136 valence electrons. The van der Waals surface area contributed by atoms with E-state index >= 15 is 0 Å². The Balaban J connectivity index is 1.73. The van der Waals surface area contributed by atoms with E-state index in [1.165, 1.54) is 0 Å². The minimum absolute atomic E-state index is 0.0601. The van der Waals surface area contributed by atoms with E-state index < -0.39 is 24.4 Å². The summed E-state index contributed by atoms with van der Waals surface area (Å²) in [5.74, 6) is -1.77. The summed E-state index contributed by atoms with van der Waals surface area (Å²) < 4.78 is 5.67. The zero-order valence-corrected chi connectivity index (χ0v) is 16.3. The van der Waals surface area contributed by atoms with Crippen LogP contribution >= 0.6 is 39.1 Å². The van der Waals surface area contributed by atoms with Gasteiger partial charge in [-0.05, 0) is 42.0 Å². The molecule has 0 atom stereocenters. The summed E-state index contributed by atoms with van der Waals surface area (Å²) in [5, 5.41) is 0.704. The maximum absolute atomic E-state index is 11.8. The third-order valence-electron chi connectivity index (χ3n) is 3.12. The van der Waals surface area contributed by atoms with Crippen LogP contribution in [0.25, 0.3) is 0 Å². The minimum atomic E-state index is -0.669. The zero-order valence-electron chi connectivity index (χ0n) is 13.2. The van der Waals surface area contributed by atoms with Crippen LogP contribution in [0.5, 0.6) is 0 Å². The van der Waals surface area contributed by atoms with E-state index in [2.05, 4.69) is 26.8 Å². The van der Waals surface area contributed by atoms with Crippen molar-refractivity contribution in [3.8, 4) is 0 Å². The summed E-state index contributed by atoms with van der Waals surface area (Å²) >= 11 is 14.9. The molecule has 2 aromatic rings. The largest absolute Gasteiger partial charge is 0.455 e. The van der Waals surface area contributed by atoms with Crippen LogP contribution in [0.3, 0.4) is 0 Å². The van der Waals surface area contributed by atoms with Gasteiger partial charge in [0, 0.05) is 10.0 Å². The van der Waals surface area contributed by atoms with Crippen molar-refractivity contribution in [2.45, 2.75) is 6.42 Å². The van der Waals surface area contributed by atoms with Gasteiger partial charge >= 0.3 is 5.97 Å². The highest BCUT2D eigenvalue weighted by Gasteiger charge is 2.11. The van der Waals surface area contributed by atoms with Crippen LogP contribution in [0, 0.1) is 0 Å². The van der Waals surface area contributed by atoms with Gasteiger partial charge < -0.3 is 4.74 Å². The van der Waals surface area contributed by atoms with E-state index in [0.29, 0.717) is 21.2 Å². The molecular weight excluding hydrogens is 447 g/mol. The number of rotatable bonds is 5. The molecule has 0 aliphatic rings. The fourth-order valence-corrected chi connectivity index (χ4v) is 2.43. The second-order valence-electron chi connectivity index (χ2n) is 5.10. The Hall–Kier alpha value is -2.09. The zero-order chi connectivity index (χ0) is 19.1. The van der Waals surface area contributed by atoms with E-state index in [-0.39, 0.29) is 6.42 Å². The van der Waals surface area contributed by atoms with Gasteiger partial charge in [0.05, 0.1) is 16.5 Å². The number of hydrogen-bond donors (Lipinski definition) is 2. The predicted octanol–water partition coefficient (Wildman–Crippen LogP) is 3.30. The van der Waals surface area contributed by atoms with Crippen molar-refractivity contribution in [1.29, 1.82) is 0 Å². The first kappa shape index (κ1) is 20.2. The fourth-order valence-electron chi connectivity index (χ4n) is 1.85. The minimum Gasteiger partial charge on any atom is -0.455 e. The van der Waals surface area contributed by atoms with Gasteiger partial charge in [0.15, 0.2) is 6.61 Å². The fraction of sp³-hybridized carbons (Fsp3) is 0.118. The lowest BCUT2D eigenvalue weighted by Gasteiger charge is -2.08. The van der Waals surface area contributed by atoms with Crippen molar-refractivity contribution in [1.82, 2.24) is 10.9 Å². The van der Waals surface area contributed by atoms with E-state index in [4.69, 9.17) is 27.9 Å². The summed E-state index contributed by atoms with van der Waals surface area (Å²) in [5.41, 5.74) is 5.36. The van der Waals surface area contributed by atoms with Gasteiger partial charge in [-0.15, -0.1) is 0 Å². The molecule has 2 rings (SSSR count). The molecule has 0 heterocycles. The molecule has 0 unspecified atom stereocenters. The Morgan fingerprint density at radius 2 is 1.65 bits per heavy atom. The van der Waals surface area contributed by atoms with Crippen LogP contribution in [0.4, 0.5) is 0 Å². The molecule has 0 saturated heterocycles. The molecule has 0 radical (unpaired) electrons. The molecule has 9 heteroatoms. The van der Waals surface area contributed by atoms with Gasteiger partial charge in [0.1, 0.15) is 0 Å². The normalized spacial score (nSPS) is 10.1. The lowest BCUT2D eigenvalue weighted by Crippen LogP contribution is -2.43. The number of nitrogens with one attached hydrogen (secondary N) is 2. The third kappa shape index (κ3) is 6.33. The van der Waals surface area contributed by atoms with Crippen molar-refractivity contribution in [2.75, 3.05) is 6.61 Å². The smallest absolute Gasteiger partial charge is 0.310 e. The molecular formula is C17H13BrCl2N2O4. The van der Waals surface area contributed by atoms with Gasteiger partial charge in [-0.3, -0.25) is 25.2 Å². The highest BCUT2D eigenvalue weighted by molar-refractivity contribution is 9.10. The number of halogens is 3. The van der Waals surface area contributed by atoms with Crippen LogP contribution in [-0.4, -0.2) is 24.4 Å². The third-order valence-corrected chi connectivity index (χ3v) is 4.39. The summed E-state index contributed by atoms with van der Waals surface area (Å²) in [6.07, 6.45) is -0.0601.